The lowest BCUT2D eigenvalue weighted by Crippen LogP contribution is -2.42. The van der Waals surface area contributed by atoms with Crippen molar-refractivity contribution in [1.82, 2.24) is 15.0 Å². The summed E-state index contributed by atoms with van der Waals surface area (Å²) < 4.78 is 5.42. The van der Waals surface area contributed by atoms with Crippen LogP contribution in [0.2, 0.25) is 0 Å². The van der Waals surface area contributed by atoms with Crippen LogP contribution in [0.15, 0.2) is 36.9 Å². The average molecular weight is 340 g/mol. The van der Waals surface area contributed by atoms with E-state index in [1.165, 1.54) is 5.69 Å². The second-order valence-corrected chi connectivity index (χ2v) is 6.50. The van der Waals surface area contributed by atoms with Gasteiger partial charge in [-0.1, -0.05) is 0 Å². The first-order valence-corrected chi connectivity index (χ1v) is 8.95. The molecule has 4 rings (SSSR count). The molecular weight excluding hydrogens is 316 g/mol. The zero-order valence-electron chi connectivity index (χ0n) is 14.3. The molecule has 2 aromatic rings. The highest BCUT2D eigenvalue weighted by Crippen LogP contribution is 2.22. The van der Waals surface area contributed by atoms with E-state index in [9.17, 15) is 0 Å². The van der Waals surface area contributed by atoms with Crippen LogP contribution in [-0.2, 0) is 4.74 Å². The van der Waals surface area contributed by atoms with Crippen LogP contribution in [0, 0.1) is 0 Å². The van der Waals surface area contributed by atoms with Gasteiger partial charge in [0.25, 0.3) is 0 Å². The summed E-state index contributed by atoms with van der Waals surface area (Å²) in [5.41, 5.74) is 1.19. The average Bonchev–Trinajstić information content (AvgIpc) is 2.70. The molecule has 2 saturated heterocycles. The number of nitrogens with one attached hydrogen (secondary N) is 1. The Labute approximate surface area is 148 Å². The van der Waals surface area contributed by atoms with Gasteiger partial charge < -0.3 is 19.9 Å². The van der Waals surface area contributed by atoms with Gasteiger partial charge in [-0.3, -0.25) is 4.98 Å². The summed E-state index contributed by atoms with van der Waals surface area (Å²) in [6.07, 6.45) is 7.71. The topological polar surface area (TPSA) is 66.4 Å². The molecule has 2 aliphatic heterocycles. The largest absolute Gasteiger partial charge is 0.378 e. The number of hydrogen-bond donors (Lipinski definition) is 1. The lowest BCUT2D eigenvalue weighted by Gasteiger charge is -2.35. The van der Waals surface area contributed by atoms with Gasteiger partial charge in [0.15, 0.2) is 0 Å². The number of morpholine rings is 1. The number of nitrogens with zero attached hydrogens (tertiary/aromatic N) is 5. The van der Waals surface area contributed by atoms with E-state index in [0.717, 1.165) is 63.9 Å². The number of hydrogen-bond acceptors (Lipinski definition) is 7. The molecule has 7 heteroatoms. The maximum absolute atomic E-state index is 5.42. The van der Waals surface area contributed by atoms with E-state index in [1.807, 2.05) is 24.5 Å². The summed E-state index contributed by atoms with van der Waals surface area (Å²) in [6, 6.07) is 6.54. The summed E-state index contributed by atoms with van der Waals surface area (Å²) >= 11 is 0. The van der Waals surface area contributed by atoms with Crippen LogP contribution in [0.3, 0.4) is 0 Å². The maximum Gasteiger partial charge on any atom is 0.134 e. The van der Waals surface area contributed by atoms with Gasteiger partial charge in [-0.05, 0) is 25.0 Å². The third-order valence-electron chi connectivity index (χ3n) is 4.77. The Morgan fingerprint density at radius 1 is 1.12 bits per heavy atom. The molecule has 2 aromatic heterocycles. The van der Waals surface area contributed by atoms with Crippen LogP contribution in [0.4, 0.5) is 17.3 Å². The van der Waals surface area contributed by atoms with Gasteiger partial charge in [0.1, 0.15) is 18.0 Å². The molecule has 25 heavy (non-hydrogen) atoms. The molecule has 0 spiro atoms. The first kappa shape index (κ1) is 16.1. The van der Waals surface area contributed by atoms with Crippen LogP contribution in [0.25, 0.3) is 0 Å². The Hall–Kier alpha value is -2.41. The zero-order chi connectivity index (χ0) is 16.9. The van der Waals surface area contributed by atoms with E-state index < -0.39 is 0 Å². The summed E-state index contributed by atoms with van der Waals surface area (Å²) in [6.45, 7) is 5.32. The highest BCUT2D eigenvalue weighted by atomic mass is 16.5. The van der Waals surface area contributed by atoms with Gasteiger partial charge in [0.05, 0.1) is 25.1 Å². The van der Waals surface area contributed by atoms with Crippen LogP contribution >= 0.6 is 0 Å². The Balaban J connectivity index is 1.41. The molecule has 7 nitrogen and oxygen atoms in total. The number of rotatable bonds is 4. The molecule has 0 bridgehead atoms. The predicted octanol–water partition coefficient (Wildman–Crippen LogP) is 1.79. The quantitative estimate of drug-likeness (QED) is 0.910. The monoisotopic (exact) mass is 340 g/mol. The molecule has 2 fully saturated rings. The van der Waals surface area contributed by atoms with Crippen molar-refractivity contribution in [2.24, 2.45) is 0 Å². The van der Waals surface area contributed by atoms with Crippen LogP contribution in [-0.4, -0.2) is 60.4 Å². The molecule has 0 amide bonds. The van der Waals surface area contributed by atoms with E-state index in [4.69, 9.17) is 4.74 Å². The van der Waals surface area contributed by atoms with Gasteiger partial charge in [-0.2, -0.15) is 0 Å². The van der Waals surface area contributed by atoms with Crippen LogP contribution in [0.5, 0.6) is 0 Å². The summed E-state index contributed by atoms with van der Waals surface area (Å²) in [7, 11) is 0. The Kier molecular flexibility index (Phi) is 4.92. The fourth-order valence-corrected chi connectivity index (χ4v) is 3.47. The minimum atomic E-state index is 0.376. The second kappa shape index (κ2) is 7.65. The molecular formula is C18H24N6O. The van der Waals surface area contributed by atoms with E-state index in [0.29, 0.717) is 6.04 Å². The van der Waals surface area contributed by atoms with Crippen molar-refractivity contribution in [3.8, 4) is 0 Å². The number of aromatic nitrogens is 3. The van der Waals surface area contributed by atoms with Crippen molar-refractivity contribution in [1.29, 1.82) is 0 Å². The van der Waals surface area contributed by atoms with Crippen LogP contribution in [0.1, 0.15) is 12.8 Å². The van der Waals surface area contributed by atoms with Crippen LogP contribution < -0.4 is 15.1 Å². The van der Waals surface area contributed by atoms with E-state index in [2.05, 4.69) is 36.1 Å². The zero-order valence-corrected chi connectivity index (χ0v) is 14.3. The first-order valence-electron chi connectivity index (χ1n) is 8.95. The second-order valence-electron chi connectivity index (χ2n) is 6.50. The Morgan fingerprint density at radius 3 is 2.88 bits per heavy atom. The molecule has 1 N–H and O–H groups in total. The van der Waals surface area contributed by atoms with Gasteiger partial charge in [0.2, 0.25) is 0 Å². The molecule has 0 aromatic carbocycles. The molecule has 0 saturated carbocycles. The molecule has 0 unspecified atom stereocenters. The standard InChI is InChI=1S/C18H24N6O/c1-4-16(12-19-5-1)24-6-2-3-15(13-24)22-17-11-18(21-14-20-17)23-7-9-25-10-8-23/h1,4-5,11-12,14-15H,2-3,6-10,13H2,(H,20,21,22)/t15-/m1/s1. The minimum absolute atomic E-state index is 0.376. The van der Waals surface area contributed by atoms with Crippen molar-refractivity contribution in [3.05, 3.63) is 36.9 Å². The van der Waals surface area contributed by atoms with Gasteiger partial charge in [-0.25, -0.2) is 9.97 Å². The lowest BCUT2D eigenvalue weighted by molar-refractivity contribution is 0.122. The first-order chi connectivity index (χ1) is 12.4. The summed E-state index contributed by atoms with van der Waals surface area (Å²) in [5.74, 6) is 1.87. The maximum atomic E-state index is 5.42. The van der Waals surface area contributed by atoms with E-state index in [-0.39, 0.29) is 0 Å². The number of anilines is 3. The smallest absolute Gasteiger partial charge is 0.134 e. The molecule has 0 radical (unpaired) electrons. The highest BCUT2D eigenvalue weighted by molar-refractivity contribution is 5.50. The van der Waals surface area contributed by atoms with Gasteiger partial charge in [0, 0.05) is 44.5 Å². The SMILES string of the molecule is c1cncc(N2CCC[C@@H](Nc3cc(N4CCOCC4)ncn3)C2)c1. The molecule has 4 heterocycles. The highest BCUT2D eigenvalue weighted by Gasteiger charge is 2.21. The fraction of sp³-hybridized carbons (Fsp3) is 0.500. The fourth-order valence-electron chi connectivity index (χ4n) is 3.47. The van der Waals surface area contributed by atoms with Crippen molar-refractivity contribution >= 4 is 17.3 Å². The van der Waals surface area contributed by atoms with E-state index in [1.54, 1.807) is 6.33 Å². The van der Waals surface area contributed by atoms with Gasteiger partial charge in [-0.15, -0.1) is 0 Å². The number of ether oxygens (including phenoxy) is 1. The van der Waals surface area contributed by atoms with Crippen molar-refractivity contribution < 1.29 is 4.74 Å². The Morgan fingerprint density at radius 2 is 2.04 bits per heavy atom. The van der Waals surface area contributed by atoms with Crippen molar-refractivity contribution in [2.45, 2.75) is 18.9 Å². The predicted molar refractivity (Wildman–Crippen MR) is 98.2 cm³/mol. The third kappa shape index (κ3) is 3.99. The molecule has 132 valence electrons. The minimum Gasteiger partial charge on any atom is -0.378 e. The number of pyridine rings is 1. The normalized spacial score (nSPS) is 21.2. The summed E-state index contributed by atoms with van der Waals surface area (Å²) in [4.78, 5) is 17.7. The summed E-state index contributed by atoms with van der Waals surface area (Å²) in [5, 5.41) is 3.59. The van der Waals surface area contributed by atoms with Crippen molar-refractivity contribution in [2.75, 3.05) is 54.5 Å². The molecule has 2 aliphatic rings. The third-order valence-corrected chi connectivity index (χ3v) is 4.77. The molecule has 0 aliphatic carbocycles. The molecule has 1 atom stereocenters. The number of piperidine rings is 1. The van der Waals surface area contributed by atoms with E-state index >= 15 is 0 Å². The van der Waals surface area contributed by atoms with Crippen molar-refractivity contribution in [3.63, 3.8) is 0 Å². The van der Waals surface area contributed by atoms with Gasteiger partial charge >= 0.3 is 0 Å². The Bertz CT molecular complexity index is 676. The lowest BCUT2D eigenvalue weighted by atomic mass is 10.1.